The van der Waals surface area contributed by atoms with Gasteiger partial charge in [0.2, 0.25) is 0 Å². The van der Waals surface area contributed by atoms with Crippen LogP contribution >= 0.6 is 0 Å². The highest BCUT2D eigenvalue weighted by Crippen LogP contribution is 2.31. The summed E-state index contributed by atoms with van der Waals surface area (Å²) in [6, 6.07) is 6.18. The highest BCUT2D eigenvalue weighted by Gasteiger charge is 2.38. The molecule has 1 saturated heterocycles. The molecule has 1 aliphatic rings. The van der Waals surface area contributed by atoms with Gasteiger partial charge in [-0.2, -0.15) is 5.48 Å². The van der Waals surface area contributed by atoms with E-state index < -0.39 is 18.0 Å². The lowest BCUT2D eigenvalue weighted by Crippen LogP contribution is -2.39. The minimum atomic E-state index is -0.995. The molecule has 14 heavy (non-hydrogen) atoms. The second-order valence-corrected chi connectivity index (χ2v) is 3.40. The zero-order valence-corrected chi connectivity index (χ0v) is 7.59. The summed E-state index contributed by atoms with van der Waals surface area (Å²) in [5, 5.41) is 0. The number of halogens is 2. The molecule has 2 rings (SSSR count). The lowest BCUT2D eigenvalue weighted by molar-refractivity contribution is 0.0499. The summed E-state index contributed by atoms with van der Waals surface area (Å²) < 4.78 is 26.3. The van der Waals surface area contributed by atoms with Gasteiger partial charge in [0.1, 0.15) is 18.0 Å². The third-order valence-electron chi connectivity index (χ3n) is 2.52. The SMILES string of the molecule is FCC1(c2ccccc2F)CCON1. The lowest BCUT2D eigenvalue weighted by atomic mass is 9.89. The molecule has 0 bridgehead atoms. The zero-order valence-electron chi connectivity index (χ0n) is 7.59. The second-order valence-electron chi connectivity index (χ2n) is 3.40. The number of benzene rings is 1. The van der Waals surface area contributed by atoms with Gasteiger partial charge in [-0.05, 0) is 12.5 Å². The Bertz CT molecular complexity index is 324. The summed E-state index contributed by atoms with van der Waals surface area (Å²) in [6.45, 7) is -0.272. The fourth-order valence-corrected chi connectivity index (χ4v) is 1.67. The summed E-state index contributed by atoms with van der Waals surface area (Å²) in [5.74, 6) is -0.400. The van der Waals surface area contributed by atoms with E-state index in [0.29, 0.717) is 18.6 Å². The molecule has 4 heteroatoms. The highest BCUT2D eigenvalue weighted by molar-refractivity contribution is 5.26. The van der Waals surface area contributed by atoms with Crippen LogP contribution in [0.3, 0.4) is 0 Å². The Morgan fingerprint density at radius 3 is 2.79 bits per heavy atom. The molecule has 0 radical (unpaired) electrons. The van der Waals surface area contributed by atoms with Gasteiger partial charge in [0.05, 0.1) is 6.61 Å². The van der Waals surface area contributed by atoms with Gasteiger partial charge in [-0.3, -0.25) is 0 Å². The Labute approximate surface area is 80.8 Å². The first kappa shape index (κ1) is 9.55. The molecule has 1 atom stereocenters. The van der Waals surface area contributed by atoms with Crippen molar-refractivity contribution >= 4 is 0 Å². The fourth-order valence-electron chi connectivity index (χ4n) is 1.67. The van der Waals surface area contributed by atoms with Crippen molar-refractivity contribution in [2.75, 3.05) is 13.3 Å². The maximum atomic E-state index is 13.4. The third kappa shape index (κ3) is 1.40. The summed E-state index contributed by atoms with van der Waals surface area (Å²) in [4.78, 5) is 4.90. The molecule has 76 valence electrons. The van der Waals surface area contributed by atoms with Crippen LogP contribution in [-0.4, -0.2) is 13.3 Å². The molecule has 1 heterocycles. The van der Waals surface area contributed by atoms with Crippen LogP contribution in [0.15, 0.2) is 24.3 Å². The Morgan fingerprint density at radius 2 is 2.21 bits per heavy atom. The highest BCUT2D eigenvalue weighted by atomic mass is 19.1. The quantitative estimate of drug-likeness (QED) is 0.785. The van der Waals surface area contributed by atoms with Crippen LogP contribution in [0, 0.1) is 5.82 Å². The standard InChI is InChI=1S/C10H11F2NO/c11-7-10(5-6-14-13-10)8-3-1-2-4-9(8)12/h1-4,13H,5-7H2. The van der Waals surface area contributed by atoms with Crippen molar-refractivity contribution in [1.82, 2.24) is 5.48 Å². The molecule has 0 spiro atoms. The van der Waals surface area contributed by atoms with Gasteiger partial charge in [0.15, 0.2) is 0 Å². The predicted octanol–water partition coefficient (Wildman–Crippen LogP) is 1.92. The van der Waals surface area contributed by atoms with Gasteiger partial charge in [0.25, 0.3) is 0 Å². The van der Waals surface area contributed by atoms with Gasteiger partial charge < -0.3 is 4.84 Å². The number of nitrogens with one attached hydrogen (secondary N) is 1. The number of hydroxylamine groups is 1. The molecule has 1 aromatic rings. The van der Waals surface area contributed by atoms with Crippen molar-refractivity contribution in [1.29, 1.82) is 0 Å². The Balaban J connectivity index is 2.41. The van der Waals surface area contributed by atoms with Gasteiger partial charge in [0, 0.05) is 5.56 Å². The number of alkyl halides is 1. The molecule has 0 aliphatic carbocycles. The summed E-state index contributed by atoms with van der Waals surface area (Å²) in [7, 11) is 0. The Hall–Kier alpha value is -1.00. The van der Waals surface area contributed by atoms with E-state index in [9.17, 15) is 8.78 Å². The molecule has 0 amide bonds. The van der Waals surface area contributed by atoms with Crippen LogP contribution in [0.2, 0.25) is 0 Å². The number of hydrogen-bond donors (Lipinski definition) is 1. The second kappa shape index (κ2) is 3.63. The minimum Gasteiger partial charge on any atom is -0.301 e. The molecule has 1 unspecified atom stereocenters. The average molecular weight is 199 g/mol. The first-order chi connectivity index (χ1) is 6.78. The largest absolute Gasteiger partial charge is 0.301 e. The monoisotopic (exact) mass is 199 g/mol. The third-order valence-corrected chi connectivity index (χ3v) is 2.52. The maximum Gasteiger partial charge on any atom is 0.128 e. The van der Waals surface area contributed by atoms with E-state index in [1.807, 2.05) is 0 Å². The van der Waals surface area contributed by atoms with E-state index >= 15 is 0 Å². The molecule has 1 aromatic carbocycles. The topological polar surface area (TPSA) is 21.3 Å². The van der Waals surface area contributed by atoms with Gasteiger partial charge >= 0.3 is 0 Å². The Kier molecular flexibility index (Phi) is 2.48. The van der Waals surface area contributed by atoms with Crippen LogP contribution in [0.4, 0.5) is 8.78 Å². The first-order valence-corrected chi connectivity index (χ1v) is 4.48. The zero-order chi connectivity index (χ0) is 10.0. The van der Waals surface area contributed by atoms with Crippen LogP contribution in [0.25, 0.3) is 0 Å². The van der Waals surface area contributed by atoms with Crippen molar-refractivity contribution < 1.29 is 13.6 Å². The van der Waals surface area contributed by atoms with Gasteiger partial charge in [-0.1, -0.05) is 18.2 Å². The van der Waals surface area contributed by atoms with E-state index in [-0.39, 0.29) is 0 Å². The minimum absolute atomic E-state index is 0.333. The van der Waals surface area contributed by atoms with E-state index in [0.717, 1.165) is 0 Å². The van der Waals surface area contributed by atoms with Crippen LogP contribution < -0.4 is 5.48 Å². The first-order valence-electron chi connectivity index (χ1n) is 4.48. The molecule has 0 saturated carbocycles. The fraction of sp³-hybridized carbons (Fsp3) is 0.400. The lowest BCUT2D eigenvalue weighted by Gasteiger charge is -2.24. The summed E-state index contributed by atoms with van der Waals surface area (Å²) >= 11 is 0. The normalized spacial score (nSPS) is 26.7. The number of hydrogen-bond acceptors (Lipinski definition) is 2. The van der Waals surface area contributed by atoms with Crippen molar-refractivity contribution in [3.8, 4) is 0 Å². The van der Waals surface area contributed by atoms with Crippen molar-refractivity contribution in [3.63, 3.8) is 0 Å². The smallest absolute Gasteiger partial charge is 0.128 e. The number of rotatable bonds is 2. The molecule has 1 N–H and O–H groups in total. The van der Waals surface area contributed by atoms with Crippen molar-refractivity contribution in [2.24, 2.45) is 0 Å². The predicted molar refractivity (Wildman–Crippen MR) is 47.8 cm³/mol. The van der Waals surface area contributed by atoms with E-state index in [4.69, 9.17) is 4.84 Å². The molecular formula is C10H11F2NO. The van der Waals surface area contributed by atoms with Crippen molar-refractivity contribution in [2.45, 2.75) is 12.0 Å². The van der Waals surface area contributed by atoms with Crippen LogP contribution in [0.1, 0.15) is 12.0 Å². The van der Waals surface area contributed by atoms with E-state index in [1.54, 1.807) is 18.2 Å². The van der Waals surface area contributed by atoms with Crippen LogP contribution in [-0.2, 0) is 10.4 Å². The summed E-state index contributed by atoms with van der Waals surface area (Å²) in [5.41, 5.74) is 1.90. The van der Waals surface area contributed by atoms with E-state index in [2.05, 4.69) is 5.48 Å². The maximum absolute atomic E-state index is 13.4. The molecular weight excluding hydrogens is 188 g/mol. The Morgan fingerprint density at radius 1 is 1.43 bits per heavy atom. The van der Waals surface area contributed by atoms with Gasteiger partial charge in [-0.15, -0.1) is 0 Å². The summed E-state index contributed by atoms with van der Waals surface area (Å²) in [6.07, 6.45) is 0.449. The van der Waals surface area contributed by atoms with Crippen molar-refractivity contribution in [3.05, 3.63) is 35.6 Å². The molecule has 2 nitrogen and oxygen atoms in total. The molecule has 0 aromatic heterocycles. The average Bonchev–Trinajstić information content (AvgIpc) is 2.68. The van der Waals surface area contributed by atoms with E-state index in [1.165, 1.54) is 6.07 Å². The van der Waals surface area contributed by atoms with Gasteiger partial charge in [-0.25, -0.2) is 8.78 Å². The molecule has 1 aliphatic heterocycles. The van der Waals surface area contributed by atoms with Crippen LogP contribution in [0.5, 0.6) is 0 Å². The molecule has 1 fully saturated rings.